The number of para-hydroxylation sites is 2. The van der Waals surface area contributed by atoms with Crippen LogP contribution in [0.1, 0.15) is 59.2 Å². The van der Waals surface area contributed by atoms with Crippen LogP contribution >= 0.6 is 0 Å². The molecule has 5 heteroatoms. The summed E-state index contributed by atoms with van der Waals surface area (Å²) in [5.74, 6) is 0. The molecule has 0 saturated carbocycles. The largest absolute Gasteiger partial charge is 0.494 e. The monoisotopic (exact) mass is 538 g/mol. The molecule has 5 aromatic rings. The van der Waals surface area contributed by atoms with Gasteiger partial charge in [-0.25, -0.2) is 0 Å². The van der Waals surface area contributed by atoms with Crippen LogP contribution in [0.15, 0.2) is 84.3 Å². The van der Waals surface area contributed by atoms with Crippen molar-refractivity contribution in [2.45, 2.75) is 64.6 Å². The van der Waals surface area contributed by atoms with Crippen molar-refractivity contribution < 1.29 is 9.31 Å². The van der Waals surface area contributed by atoms with Gasteiger partial charge in [0.1, 0.15) is 0 Å². The van der Waals surface area contributed by atoms with Crippen molar-refractivity contribution in [3.05, 3.63) is 106 Å². The van der Waals surface area contributed by atoms with Crippen LogP contribution in [0.2, 0.25) is 0 Å². The van der Waals surface area contributed by atoms with Gasteiger partial charge in [0.25, 0.3) is 0 Å². The van der Waals surface area contributed by atoms with Crippen LogP contribution in [0.5, 0.6) is 0 Å². The zero-order chi connectivity index (χ0) is 28.3. The van der Waals surface area contributed by atoms with E-state index in [1.165, 1.54) is 55.0 Å². The van der Waals surface area contributed by atoms with Crippen LogP contribution in [0.3, 0.4) is 0 Å². The summed E-state index contributed by atoms with van der Waals surface area (Å²) in [5, 5.41) is 4.95. The summed E-state index contributed by atoms with van der Waals surface area (Å²) in [6, 6.07) is 26.7. The molecule has 2 aromatic heterocycles. The molecule has 1 fully saturated rings. The number of hydrogen-bond acceptors (Lipinski definition) is 2. The van der Waals surface area contributed by atoms with Gasteiger partial charge < -0.3 is 18.4 Å². The lowest BCUT2D eigenvalue weighted by atomic mass is 9.77. The Kier molecular flexibility index (Phi) is 4.96. The summed E-state index contributed by atoms with van der Waals surface area (Å²) >= 11 is 0. The minimum Gasteiger partial charge on any atom is -0.399 e. The van der Waals surface area contributed by atoms with E-state index in [2.05, 4.69) is 142 Å². The van der Waals surface area contributed by atoms with Crippen LogP contribution < -0.4 is 10.6 Å². The Hall–Kier alpha value is -3.80. The maximum Gasteiger partial charge on any atom is 0.494 e. The van der Waals surface area contributed by atoms with E-state index >= 15 is 0 Å². The number of aromatic nitrogens is 2. The average Bonchev–Trinajstić information content (AvgIpc) is 3.55. The summed E-state index contributed by atoms with van der Waals surface area (Å²) in [4.78, 5) is 0. The summed E-state index contributed by atoms with van der Waals surface area (Å²) < 4.78 is 17.9. The van der Waals surface area contributed by atoms with Crippen LogP contribution in [-0.4, -0.2) is 27.5 Å². The van der Waals surface area contributed by atoms with Crippen molar-refractivity contribution in [1.29, 1.82) is 0 Å². The lowest BCUT2D eigenvalue weighted by molar-refractivity contribution is 0.00578. The maximum atomic E-state index is 6.50. The quantitative estimate of drug-likeness (QED) is 0.233. The third-order valence-electron chi connectivity index (χ3n) is 9.96. The standard InChI is InChI=1S/C36H35BN2O2/c1-34(2)28-16-10-11-17-31(28)39-30-20-19-25-26-21-23(37-40-35(3,4)36(5,6)41-37)13-12-18-29(26)38(24-14-8-7-9-15-24)33(25)27(30)22-32(34)39/h7-11,13-22H,12H2,1-6H3. The normalized spacial score (nSPS) is 19.8. The second-order valence-corrected chi connectivity index (χ2v) is 13.2. The number of fused-ring (bicyclic) bond motifs is 9. The molecule has 0 unspecified atom stereocenters. The summed E-state index contributed by atoms with van der Waals surface area (Å²) in [7, 11) is -0.395. The van der Waals surface area contributed by atoms with Gasteiger partial charge in [-0.3, -0.25) is 0 Å². The van der Waals surface area contributed by atoms with Crippen molar-refractivity contribution in [2.75, 3.05) is 0 Å². The fourth-order valence-corrected chi connectivity index (χ4v) is 7.03. The Bertz CT molecular complexity index is 2040. The summed E-state index contributed by atoms with van der Waals surface area (Å²) in [6.45, 7) is 13.2. The molecule has 4 heterocycles. The second-order valence-electron chi connectivity index (χ2n) is 13.2. The summed E-state index contributed by atoms with van der Waals surface area (Å²) in [5.41, 5.74) is 7.90. The van der Waals surface area contributed by atoms with Gasteiger partial charge in [-0.05, 0) is 75.5 Å². The molecule has 41 heavy (non-hydrogen) atoms. The third-order valence-corrected chi connectivity index (χ3v) is 9.96. The minimum absolute atomic E-state index is 0.0753. The molecule has 0 spiro atoms. The SMILES string of the molecule is CC1(C)c2ccccc2-n2c1cc1c2ccc2c3c(n(-c4ccccc4)c21)=CCC=C(B1OC(C)(C)C(C)(C)O1)C=3. The lowest BCUT2D eigenvalue weighted by Gasteiger charge is -2.32. The van der Waals surface area contributed by atoms with Crippen molar-refractivity contribution in [3.63, 3.8) is 0 Å². The Labute approximate surface area is 241 Å². The van der Waals surface area contributed by atoms with Crippen LogP contribution in [0.25, 0.3) is 45.3 Å². The molecular formula is C36H35BN2O2. The molecule has 2 aliphatic heterocycles. The molecule has 0 N–H and O–H groups in total. The smallest absolute Gasteiger partial charge is 0.399 e. The fourth-order valence-electron chi connectivity index (χ4n) is 7.03. The highest BCUT2D eigenvalue weighted by molar-refractivity contribution is 6.57. The highest BCUT2D eigenvalue weighted by Crippen LogP contribution is 2.47. The van der Waals surface area contributed by atoms with Gasteiger partial charge in [0.2, 0.25) is 0 Å². The molecule has 0 atom stereocenters. The van der Waals surface area contributed by atoms with Crippen LogP contribution in [-0.2, 0) is 14.7 Å². The van der Waals surface area contributed by atoms with Crippen molar-refractivity contribution in [3.8, 4) is 11.4 Å². The molecule has 4 nitrogen and oxygen atoms in total. The van der Waals surface area contributed by atoms with Gasteiger partial charge in [0, 0.05) is 38.5 Å². The first-order valence-electron chi connectivity index (χ1n) is 14.7. The topological polar surface area (TPSA) is 28.3 Å². The molecule has 0 amide bonds. The van der Waals surface area contributed by atoms with E-state index in [4.69, 9.17) is 9.31 Å². The second kappa shape index (κ2) is 8.15. The highest BCUT2D eigenvalue weighted by atomic mass is 16.7. The predicted octanol–water partition coefficient (Wildman–Crippen LogP) is 6.74. The van der Waals surface area contributed by atoms with Crippen molar-refractivity contribution >= 4 is 41.1 Å². The van der Waals surface area contributed by atoms with Gasteiger partial charge in [-0.2, -0.15) is 0 Å². The van der Waals surface area contributed by atoms with E-state index in [1.807, 2.05) is 0 Å². The summed E-state index contributed by atoms with van der Waals surface area (Å²) in [6.07, 6.45) is 7.72. The number of rotatable bonds is 2. The average molecular weight is 539 g/mol. The van der Waals surface area contributed by atoms with Crippen LogP contribution in [0, 0.1) is 0 Å². The Morgan fingerprint density at radius 2 is 1.44 bits per heavy atom. The number of allylic oxidation sites excluding steroid dienone is 2. The molecule has 1 aliphatic carbocycles. The predicted molar refractivity (Wildman–Crippen MR) is 169 cm³/mol. The van der Waals surface area contributed by atoms with Crippen molar-refractivity contribution in [1.82, 2.24) is 9.13 Å². The van der Waals surface area contributed by atoms with Gasteiger partial charge in [0.05, 0.1) is 27.6 Å². The van der Waals surface area contributed by atoms with E-state index in [9.17, 15) is 0 Å². The number of nitrogens with zero attached hydrogens (tertiary/aromatic N) is 2. The molecule has 0 bridgehead atoms. The Balaban J connectivity index is 1.44. The molecule has 3 aliphatic rings. The molecule has 8 rings (SSSR count). The Morgan fingerprint density at radius 3 is 2.20 bits per heavy atom. The van der Waals surface area contributed by atoms with Gasteiger partial charge in [-0.15, -0.1) is 0 Å². The van der Waals surface area contributed by atoms with Gasteiger partial charge in [0.15, 0.2) is 0 Å². The van der Waals surface area contributed by atoms with Crippen molar-refractivity contribution in [2.24, 2.45) is 0 Å². The fraction of sp³-hybridized carbons (Fsp3) is 0.278. The van der Waals surface area contributed by atoms with E-state index in [0.717, 1.165) is 11.9 Å². The molecular weight excluding hydrogens is 503 g/mol. The zero-order valence-corrected chi connectivity index (χ0v) is 24.7. The lowest BCUT2D eigenvalue weighted by Crippen LogP contribution is -2.41. The van der Waals surface area contributed by atoms with E-state index < -0.39 is 7.12 Å². The first kappa shape index (κ1) is 25.0. The molecule has 3 aromatic carbocycles. The van der Waals surface area contributed by atoms with E-state index in [0.29, 0.717) is 0 Å². The molecule has 1 saturated heterocycles. The van der Waals surface area contributed by atoms with Gasteiger partial charge in [-0.1, -0.05) is 74.5 Å². The first-order valence-corrected chi connectivity index (χ1v) is 14.7. The highest BCUT2D eigenvalue weighted by Gasteiger charge is 2.52. The molecule has 204 valence electrons. The van der Waals surface area contributed by atoms with Crippen LogP contribution in [0.4, 0.5) is 0 Å². The molecule has 0 radical (unpaired) electrons. The number of benzene rings is 3. The Morgan fingerprint density at radius 1 is 0.732 bits per heavy atom. The minimum atomic E-state index is -0.395. The maximum absolute atomic E-state index is 6.50. The van der Waals surface area contributed by atoms with Gasteiger partial charge >= 0.3 is 7.12 Å². The third kappa shape index (κ3) is 3.31. The van der Waals surface area contributed by atoms with E-state index in [-0.39, 0.29) is 16.6 Å². The first-order chi connectivity index (χ1) is 19.6. The number of hydrogen-bond donors (Lipinski definition) is 0. The zero-order valence-electron chi connectivity index (χ0n) is 24.7. The van der Waals surface area contributed by atoms with E-state index in [1.54, 1.807) is 0 Å².